The molecule has 154 valence electrons. The van der Waals surface area contributed by atoms with E-state index >= 15 is 0 Å². The van der Waals surface area contributed by atoms with Gasteiger partial charge in [-0.3, -0.25) is 14.8 Å². The number of benzene rings is 2. The number of para-hydroxylation sites is 1. The van der Waals surface area contributed by atoms with Gasteiger partial charge in [0.2, 0.25) is 11.8 Å². The van der Waals surface area contributed by atoms with Gasteiger partial charge < -0.3 is 4.90 Å². The molecule has 1 aliphatic heterocycles. The van der Waals surface area contributed by atoms with E-state index in [1.165, 1.54) is 0 Å². The quantitative estimate of drug-likeness (QED) is 0.410. The third-order valence-corrected chi connectivity index (χ3v) is 7.23. The Morgan fingerprint density at radius 3 is 2.45 bits per heavy atom. The molecule has 0 saturated carbocycles. The van der Waals surface area contributed by atoms with Gasteiger partial charge in [-0.1, -0.05) is 48.9 Å². The molecule has 29 heavy (non-hydrogen) atoms. The minimum atomic E-state index is -3.73. The first-order valence-electron chi connectivity index (χ1n) is 9.56. The van der Waals surface area contributed by atoms with Crippen molar-refractivity contribution in [1.82, 2.24) is 5.48 Å². The Bertz CT molecular complexity index is 976. The topological polar surface area (TPSA) is 104 Å². The summed E-state index contributed by atoms with van der Waals surface area (Å²) in [4.78, 5) is 25.8. The van der Waals surface area contributed by atoms with Gasteiger partial charge in [-0.2, -0.15) is 0 Å². The number of unbranched alkanes of at least 4 members (excludes halogenated alkanes) is 2. The molecule has 2 aromatic rings. The highest BCUT2D eigenvalue weighted by molar-refractivity contribution is 7.92. The second-order valence-electron chi connectivity index (χ2n) is 7.01. The molecule has 3 rings (SSSR count). The number of carbonyl (C=O) groups excluding carboxylic acids is 2. The van der Waals surface area contributed by atoms with Crippen LogP contribution in [-0.4, -0.2) is 32.0 Å². The van der Waals surface area contributed by atoms with Gasteiger partial charge in [0.05, 0.1) is 15.8 Å². The molecular weight excluding hydrogens is 392 g/mol. The Balaban J connectivity index is 1.85. The summed E-state index contributed by atoms with van der Waals surface area (Å²) < 4.78 is 26.7. The Morgan fingerprint density at radius 1 is 1.03 bits per heavy atom. The van der Waals surface area contributed by atoms with E-state index in [1.807, 2.05) is 6.07 Å². The predicted molar refractivity (Wildman–Crippen MR) is 108 cm³/mol. The van der Waals surface area contributed by atoms with Gasteiger partial charge in [-0.25, -0.2) is 13.9 Å². The van der Waals surface area contributed by atoms with Crippen LogP contribution >= 0.6 is 0 Å². The second kappa shape index (κ2) is 9.19. The molecule has 1 atom stereocenters. The highest BCUT2D eigenvalue weighted by atomic mass is 32.2. The Kier molecular flexibility index (Phi) is 6.66. The van der Waals surface area contributed by atoms with Gasteiger partial charge >= 0.3 is 0 Å². The van der Waals surface area contributed by atoms with E-state index in [4.69, 9.17) is 5.21 Å². The van der Waals surface area contributed by atoms with Gasteiger partial charge in [0, 0.05) is 19.4 Å². The minimum absolute atomic E-state index is 0.117. The fourth-order valence-electron chi connectivity index (χ4n) is 3.58. The largest absolute Gasteiger partial charge is 0.311 e. The number of anilines is 1. The Hall–Kier alpha value is -2.71. The summed E-state index contributed by atoms with van der Waals surface area (Å²) in [6, 6.07) is 15.4. The van der Waals surface area contributed by atoms with Crippen molar-refractivity contribution >= 4 is 27.3 Å². The first-order valence-corrected chi connectivity index (χ1v) is 11.1. The summed E-state index contributed by atoms with van der Waals surface area (Å²) in [5.74, 6) is -0.682. The molecular formula is C21H24N2O5S. The Labute approximate surface area is 170 Å². The molecule has 2 aromatic carbocycles. The molecule has 7 nitrogen and oxygen atoms in total. The molecule has 1 aliphatic rings. The Morgan fingerprint density at radius 2 is 1.72 bits per heavy atom. The highest BCUT2D eigenvalue weighted by Crippen LogP contribution is 2.40. The van der Waals surface area contributed by atoms with Crippen molar-refractivity contribution in [3.05, 3.63) is 60.2 Å². The molecule has 0 saturated heterocycles. The first kappa shape index (κ1) is 21.0. The van der Waals surface area contributed by atoms with Crippen LogP contribution in [0.15, 0.2) is 59.5 Å². The van der Waals surface area contributed by atoms with E-state index in [0.717, 1.165) is 0 Å². The van der Waals surface area contributed by atoms with E-state index in [0.29, 0.717) is 37.1 Å². The molecule has 0 aliphatic carbocycles. The van der Waals surface area contributed by atoms with Gasteiger partial charge in [-0.15, -0.1) is 0 Å². The predicted octanol–water partition coefficient (Wildman–Crippen LogP) is 3.00. The van der Waals surface area contributed by atoms with Crippen molar-refractivity contribution in [1.29, 1.82) is 0 Å². The molecule has 0 bridgehead atoms. The number of fused-ring (bicyclic) bond motifs is 1. The molecule has 8 heteroatoms. The summed E-state index contributed by atoms with van der Waals surface area (Å²) in [5, 5.41) is 7.61. The summed E-state index contributed by atoms with van der Waals surface area (Å²) in [6.45, 7) is 0.369. The zero-order valence-corrected chi connectivity index (χ0v) is 16.8. The third kappa shape index (κ3) is 4.65. The van der Waals surface area contributed by atoms with Gasteiger partial charge in [-0.05, 0) is 30.5 Å². The van der Waals surface area contributed by atoms with Crippen LogP contribution in [0.4, 0.5) is 5.69 Å². The van der Waals surface area contributed by atoms with Crippen molar-refractivity contribution < 1.29 is 23.2 Å². The number of hydrogen-bond donors (Lipinski definition) is 2. The van der Waals surface area contributed by atoms with Crippen LogP contribution in [0.1, 0.15) is 42.9 Å². The van der Waals surface area contributed by atoms with Gasteiger partial charge in [0.25, 0.3) is 0 Å². The summed E-state index contributed by atoms with van der Waals surface area (Å²) in [6.07, 6.45) is 1.95. The number of hydrogen-bond acceptors (Lipinski definition) is 5. The van der Waals surface area contributed by atoms with Crippen molar-refractivity contribution in [3.63, 3.8) is 0 Å². The van der Waals surface area contributed by atoms with Crippen LogP contribution in [-0.2, 0) is 19.4 Å². The van der Waals surface area contributed by atoms with Crippen LogP contribution in [0.25, 0.3) is 0 Å². The maximum atomic E-state index is 13.4. The molecule has 1 heterocycles. The lowest BCUT2D eigenvalue weighted by molar-refractivity contribution is -0.129. The lowest BCUT2D eigenvalue weighted by atomic mass is 10.1. The van der Waals surface area contributed by atoms with Gasteiger partial charge in [0.1, 0.15) is 0 Å². The summed E-state index contributed by atoms with van der Waals surface area (Å²) >= 11 is 0. The molecule has 1 unspecified atom stereocenters. The average Bonchev–Trinajstić information content (AvgIpc) is 2.82. The van der Waals surface area contributed by atoms with E-state index in [9.17, 15) is 18.0 Å². The minimum Gasteiger partial charge on any atom is -0.311 e. The zero-order valence-electron chi connectivity index (χ0n) is 16.0. The summed E-state index contributed by atoms with van der Waals surface area (Å²) in [7, 11) is -3.73. The van der Waals surface area contributed by atoms with E-state index < -0.39 is 21.0 Å². The molecule has 0 fully saturated rings. The van der Waals surface area contributed by atoms with E-state index in [2.05, 4.69) is 0 Å². The smallest absolute Gasteiger partial charge is 0.243 e. The van der Waals surface area contributed by atoms with E-state index in [1.54, 1.807) is 58.9 Å². The van der Waals surface area contributed by atoms with Crippen molar-refractivity contribution in [2.45, 2.75) is 42.2 Å². The first-order chi connectivity index (χ1) is 13.9. The van der Waals surface area contributed by atoms with Crippen LogP contribution < -0.4 is 10.4 Å². The third-order valence-electron chi connectivity index (χ3n) is 5.08. The fraction of sp³-hybridized carbons (Fsp3) is 0.333. The van der Waals surface area contributed by atoms with Gasteiger partial charge in [0.15, 0.2) is 9.84 Å². The van der Waals surface area contributed by atoms with E-state index in [-0.39, 0.29) is 23.6 Å². The number of nitrogens with one attached hydrogen (secondary N) is 1. The van der Waals surface area contributed by atoms with Crippen LogP contribution in [0, 0.1) is 0 Å². The van der Waals surface area contributed by atoms with Crippen molar-refractivity contribution in [2.75, 3.05) is 11.4 Å². The van der Waals surface area contributed by atoms with Crippen LogP contribution in [0.5, 0.6) is 0 Å². The van der Waals surface area contributed by atoms with Crippen molar-refractivity contribution in [2.24, 2.45) is 0 Å². The fourth-order valence-corrected chi connectivity index (χ4v) is 5.51. The highest BCUT2D eigenvalue weighted by Gasteiger charge is 2.39. The molecule has 0 radical (unpaired) electrons. The van der Waals surface area contributed by atoms with Crippen LogP contribution in [0.2, 0.25) is 0 Å². The monoisotopic (exact) mass is 416 g/mol. The zero-order chi connectivity index (χ0) is 20.9. The average molecular weight is 416 g/mol. The number of rotatable bonds is 7. The SMILES string of the molecule is O=C(CCCCCN1C(=O)CC(c2ccccc2)S(=O)(=O)c2ccccc21)NO. The molecule has 0 spiro atoms. The molecule has 2 amide bonds. The maximum absolute atomic E-state index is 13.4. The number of carbonyl (C=O) groups is 2. The molecule has 2 N–H and O–H groups in total. The normalized spacial score (nSPS) is 18.0. The number of nitrogens with zero attached hydrogens (tertiary/aromatic N) is 1. The summed E-state index contributed by atoms with van der Waals surface area (Å²) in [5.41, 5.74) is 2.60. The second-order valence-corrected chi connectivity index (χ2v) is 9.11. The lowest BCUT2D eigenvalue weighted by Crippen LogP contribution is -2.31. The lowest BCUT2D eigenvalue weighted by Gasteiger charge is -2.22. The van der Waals surface area contributed by atoms with Crippen LogP contribution in [0.3, 0.4) is 0 Å². The standard InChI is InChI=1S/C21H24N2O5S/c24-20(22-26)13-5-2-8-14-23-17-11-6-7-12-18(17)29(27,28)19(15-21(23)25)16-9-3-1-4-10-16/h1,3-4,6-7,9-12,19,26H,2,5,8,13-15H2,(H,22,24). The molecule has 0 aromatic heterocycles. The van der Waals surface area contributed by atoms with Crippen molar-refractivity contribution in [3.8, 4) is 0 Å². The number of amides is 2. The number of sulfone groups is 1. The maximum Gasteiger partial charge on any atom is 0.243 e. The number of hydroxylamine groups is 1.